The minimum absolute atomic E-state index is 0.0492. The molecule has 1 N–H and O–H groups in total. The number of aryl methyl sites for hydroxylation is 1. The van der Waals surface area contributed by atoms with E-state index in [1.165, 1.54) is 4.31 Å². The average Bonchev–Trinajstić information content (AvgIpc) is 2.79. The van der Waals surface area contributed by atoms with E-state index in [9.17, 15) is 8.42 Å². The molecule has 0 radical (unpaired) electrons. The van der Waals surface area contributed by atoms with Crippen molar-refractivity contribution in [3.8, 4) is 0 Å². The maximum Gasteiger partial charge on any atom is 0.215 e. The van der Waals surface area contributed by atoms with Crippen molar-refractivity contribution in [1.82, 2.24) is 19.4 Å². The lowest BCUT2D eigenvalue weighted by atomic mass is 10.3. The van der Waals surface area contributed by atoms with E-state index in [2.05, 4.69) is 10.4 Å². The SMILES string of the molecule is C[C@@H]1CN(S(=O)(=O)CCNCc2cnn(C)c2)C[C@H](C)O1. The molecule has 2 atom stereocenters. The summed E-state index contributed by atoms with van der Waals surface area (Å²) in [5, 5.41) is 7.21. The van der Waals surface area contributed by atoms with E-state index in [-0.39, 0.29) is 18.0 Å². The fraction of sp³-hybridized carbons (Fsp3) is 0.769. The molecule has 0 spiro atoms. The summed E-state index contributed by atoms with van der Waals surface area (Å²) in [6.07, 6.45) is 3.58. The first kappa shape index (κ1) is 16.4. The van der Waals surface area contributed by atoms with Gasteiger partial charge in [0.2, 0.25) is 10.0 Å². The van der Waals surface area contributed by atoms with Gasteiger partial charge in [-0.3, -0.25) is 4.68 Å². The molecule has 0 saturated carbocycles. The van der Waals surface area contributed by atoms with Gasteiger partial charge < -0.3 is 10.1 Å². The maximum atomic E-state index is 12.3. The number of sulfonamides is 1. The Morgan fingerprint density at radius 3 is 2.62 bits per heavy atom. The van der Waals surface area contributed by atoms with Gasteiger partial charge in [-0.15, -0.1) is 0 Å². The number of nitrogens with zero attached hydrogens (tertiary/aromatic N) is 3. The molecule has 0 unspecified atom stereocenters. The Balaban J connectivity index is 1.78. The molecular weight excluding hydrogens is 292 g/mol. The van der Waals surface area contributed by atoms with Gasteiger partial charge in [-0.2, -0.15) is 9.40 Å². The molecule has 0 aliphatic carbocycles. The third-order valence-electron chi connectivity index (χ3n) is 3.40. The van der Waals surface area contributed by atoms with Crippen LogP contribution < -0.4 is 5.32 Å². The summed E-state index contributed by atoms with van der Waals surface area (Å²) in [6, 6.07) is 0. The summed E-state index contributed by atoms with van der Waals surface area (Å²) in [5.74, 6) is 0.104. The normalized spacial score (nSPS) is 24.3. The van der Waals surface area contributed by atoms with Gasteiger partial charge in [-0.1, -0.05) is 0 Å². The van der Waals surface area contributed by atoms with E-state index in [0.29, 0.717) is 26.2 Å². The van der Waals surface area contributed by atoms with E-state index in [4.69, 9.17) is 4.74 Å². The summed E-state index contributed by atoms with van der Waals surface area (Å²) in [7, 11) is -1.37. The standard InChI is InChI=1S/C13H24N4O3S/c1-11-8-17(9-12(2)20-11)21(18,19)5-4-14-6-13-7-15-16(3)10-13/h7,10-12,14H,4-6,8-9H2,1-3H3/t11-,12+. The second-order valence-corrected chi connectivity index (χ2v) is 7.68. The van der Waals surface area contributed by atoms with Crippen LogP contribution in [0.3, 0.4) is 0 Å². The van der Waals surface area contributed by atoms with Crippen molar-refractivity contribution in [2.45, 2.75) is 32.6 Å². The zero-order chi connectivity index (χ0) is 15.5. The highest BCUT2D eigenvalue weighted by Crippen LogP contribution is 2.14. The summed E-state index contributed by atoms with van der Waals surface area (Å²) in [4.78, 5) is 0. The topological polar surface area (TPSA) is 76.5 Å². The number of hydrogen-bond donors (Lipinski definition) is 1. The highest BCUT2D eigenvalue weighted by Gasteiger charge is 2.30. The first-order chi connectivity index (χ1) is 9.87. The molecule has 1 saturated heterocycles. The molecule has 7 nitrogen and oxygen atoms in total. The van der Waals surface area contributed by atoms with Crippen LogP contribution in [-0.2, 0) is 28.4 Å². The smallest absolute Gasteiger partial charge is 0.215 e. The van der Waals surface area contributed by atoms with Gasteiger partial charge in [0, 0.05) is 45.0 Å². The molecule has 120 valence electrons. The fourth-order valence-corrected chi connectivity index (χ4v) is 4.02. The number of rotatable bonds is 6. The Bertz CT molecular complexity index is 548. The van der Waals surface area contributed by atoms with Crippen LogP contribution in [-0.4, -0.2) is 60.1 Å². The highest BCUT2D eigenvalue weighted by atomic mass is 32.2. The Morgan fingerprint density at radius 2 is 2.05 bits per heavy atom. The molecular formula is C13H24N4O3S. The lowest BCUT2D eigenvalue weighted by molar-refractivity contribution is -0.0440. The monoisotopic (exact) mass is 316 g/mol. The number of nitrogens with one attached hydrogen (secondary N) is 1. The highest BCUT2D eigenvalue weighted by molar-refractivity contribution is 7.89. The van der Waals surface area contributed by atoms with Crippen molar-refractivity contribution in [3.63, 3.8) is 0 Å². The van der Waals surface area contributed by atoms with E-state index in [1.54, 1.807) is 10.9 Å². The van der Waals surface area contributed by atoms with Crippen molar-refractivity contribution in [2.75, 3.05) is 25.4 Å². The molecule has 2 heterocycles. The number of morpholine rings is 1. The molecule has 1 aliphatic rings. The van der Waals surface area contributed by atoms with Crippen LogP contribution >= 0.6 is 0 Å². The summed E-state index contributed by atoms with van der Waals surface area (Å²) < 4.78 is 33.4. The van der Waals surface area contributed by atoms with E-state index in [0.717, 1.165) is 5.56 Å². The Morgan fingerprint density at radius 1 is 1.38 bits per heavy atom. The number of hydrogen-bond acceptors (Lipinski definition) is 5. The molecule has 0 bridgehead atoms. The summed E-state index contributed by atoms with van der Waals surface area (Å²) in [5.41, 5.74) is 1.04. The average molecular weight is 316 g/mol. The fourth-order valence-electron chi connectivity index (χ4n) is 2.48. The Labute approximate surface area is 126 Å². The second-order valence-electron chi connectivity index (χ2n) is 5.59. The predicted octanol–water partition coefficient (Wildman–Crippen LogP) is -0.0513. The van der Waals surface area contributed by atoms with Crippen LogP contribution in [0.25, 0.3) is 0 Å². The van der Waals surface area contributed by atoms with Crippen molar-refractivity contribution in [1.29, 1.82) is 0 Å². The van der Waals surface area contributed by atoms with Gasteiger partial charge >= 0.3 is 0 Å². The third-order valence-corrected chi connectivity index (χ3v) is 5.21. The molecule has 2 rings (SSSR count). The molecule has 21 heavy (non-hydrogen) atoms. The van der Waals surface area contributed by atoms with Crippen LogP contribution in [0.2, 0.25) is 0 Å². The van der Waals surface area contributed by atoms with Crippen molar-refractivity contribution in [2.24, 2.45) is 7.05 Å². The molecule has 1 aromatic rings. The first-order valence-corrected chi connectivity index (χ1v) is 8.79. The van der Waals surface area contributed by atoms with Crippen LogP contribution in [0.4, 0.5) is 0 Å². The predicted molar refractivity (Wildman–Crippen MR) is 80.3 cm³/mol. The van der Waals surface area contributed by atoms with Gasteiger partial charge in [-0.05, 0) is 13.8 Å². The lowest BCUT2D eigenvalue weighted by Crippen LogP contribution is -2.49. The summed E-state index contributed by atoms with van der Waals surface area (Å²) >= 11 is 0. The quantitative estimate of drug-likeness (QED) is 0.745. The summed E-state index contributed by atoms with van der Waals surface area (Å²) in [6.45, 7) is 5.73. The number of aromatic nitrogens is 2. The molecule has 1 aliphatic heterocycles. The van der Waals surface area contributed by atoms with Crippen LogP contribution in [0.1, 0.15) is 19.4 Å². The lowest BCUT2D eigenvalue weighted by Gasteiger charge is -2.34. The first-order valence-electron chi connectivity index (χ1n) is 7.18. The largest absolute Gasteiger partial charge is 0.373 e. The van der Waals surface area contributed by atoms with Crippen LogP contribution in [0, 0.1) is 0 Å². The van der Waals surface area contributed by atoms with E-state index >= 15 is 0 Å². The second kappa shape index (κ2) is 6.87. The van der Waals surface area contributed by atoms with Gasteiger partial charge in [0.05, 0.1) is 24.2 Å². The molecule has 1 fully saturated rings. The van der Waals surface area contributed by atoms with Gasteiger partial charge in [0.1, 0.15) is 0 Å². The Kier molecular flexibility index (Phi) is 5.37. The minimum atomic E-state index is -3.23. The van der Waals surface area contributed by atoms with Crippen molar-refractivity contribution in [3.05, 3.63) is 18.0 Å². The molecule has 0 aromatic carbocycles. The third kappa shape index (κ3) is 4.77. The zero-order valence-corrected chi connectivity index (χ0v) is 13.6. The zero-order valence-electron chi connectivity index (χ0n) is 12.8. The van der Waals surface area contributed by atoms with E-state index in [1.807, 2.05) is 27.1 Å². The maximum absolute atomic E-state index is 12.3. The minimum Gasteiger partial charge on any atom is -0.373 e. The van der Waals surface area contributed by atoms with Gasteiger partial charge in [0.15, 0.2) is 0 Å². The van der Waals surface area contributed by atoms with Gasteiger partial charge in [-0.25, -0.2) is 8.42 Å². The Hall–Kier alpha value is -0.960. The van der Waals surface area contributed by atoms with E-state index < -0.39 is 10.0 Å². The van der Waals surface area contributed by atoms with Gasteiger partial charge in [0.25, 0.3) is 0 Å². The van der Waals surface area contributed by atoms with Crippen LogP contribution in [0.15, 0.2) is 12.4 Å². The van der Waals surface area contributed by atoms with Crippen LogP contribution in [0.5, 0.6) is 0 Å². The number of ether oxygens (including phenoxy) is 1. The van der Waals surface area contributed by atoms with Crippen molar-refractivity contribution >= 4 is 10.0 Å². The molecule has 0 amide bonds. The molecule has 1 aromatic heterocycles. The van der Waals surface area contributed by atoms with Crippen molar-refractivity contribution < 1.29 is 13.2 Å². The molecule has 8 heteroatoms.